The van der Waals surface area contributed by atoms with Gasteiger partial charge in [-0.3, -0.25) is 0 Å². The number of nitrogens with one attached hydrogen (secondary N) is 2. The lowest BCUT2D eigenvalue weighted by atomic mass is 10.2. The van der Waals surface area contributed by atoms with Crippen molar-refractivity contribution >= 4 is 23.1 Å². The highest BCUT2D eigenvalue weighted by molar-refractivity contribution is 7.12. The number of aliphatic hydroxyl groups excluding tert-OH is 1. The fourth-order valence-electron chi connectivity index (χ4n) is 1.93. The number of aliphatic hydroxyl groups is 1. The SMILES string of the molecule is Cc1ccccc1NC(=O)NCCc1ccc([C@H](C)O)s1. The minimum absolute atomic E-state index is 0.198. The third kappa shape index (κ3) is 4.58. The molecule has 0 spiro atoms. The fourth-order valence-corrected chi connectivity index (χ4v) is 2.88. The molecular weight excluding hydrogens is 284 g/mol. The fraction of sp³-hybridized carbons (Fsp3) is 0.312. The van der Waals surface area contributed by atoms with Gasteiger partial charge in [-0.1, -0.05) is 18.2 Å². The highest BCUT2D eigenvalue weighted by Crippen LogP contribution is 2.22. The molecule has 2 rings (SSSR count). The van der Waals surface area contributed by atoms with E-state index >= 15 is 0 Å². The molecule has 0 aliphatic carbocycles. The number of benzene rings is 1. The maximum atomic E-state index is 11.8. The first-order valence-corrected chi connectivity index (χ1v) is 7.75. The van der Waals surface area contributed by atoms with Crippen LogP contribution in [0.4, 0.5) is 10.5 Å². The number of carbonyl (C=O) groups is 1. The van der Waals surface area contributed by atoms with Crippen molar-refractivity contribution in [2.75, 3.05) is 11.9 Å². The summed E-state index contributed by atoms with van der Waals surface area (Å²) < 4.78 is 0. The van der Waals surface area contributed by atoms with Crippen molar-refractivity contribution in [2.24, 2.45) is 0 Å². The van der Waals surface area contributed by atoms with Gasteiger partial charge in [0.05, 0.1) is 6.10 Å². The van der Waals surface area contributed by atoms with Gasteiger partial charge in [0.15, 0.2) is 0 Å². The lowest BCUT2D eigenvalue weighted by molar-refractivity contribution is 0.203. The van der Waals surface area contributed by atoms with Crippen LogP contribution in [0.25, 0.3) is 0 Å². The van der Waals surface area contributed by atoms with E-state index in [0.717, 1.165) is 27.4 Å². The first-order valence-electron chi connectivity index (χ1n) is 6.93. The Morgan fingerprint density at radius 3 is 2.71 bits per heavy atom. The van der Waals surface area contributed by atoms with Crippen LogP contribution < -0.4 is 10.6 Å². The molecule has 0 saturated heterocycles. The number of rotatable bonds is 5. The maximum absolute atomic E-state index is 11.8. The van der Waals surface area contributed by atoms with Gasteiger partial charge in [0.2, 0.25) is 0 Å². The summed E-state index contributed by atoms with van der Waals surface area (Å²) in [4.78, 5) is 13.9. The van der Waals surface area contributed by atoms with Crippen molar-refractivity contribution in [3.05, 3.63) is 51.7 Å². The number of urea groups is 1. The van der Waals surface area contributed by atoms with Crippen LogP contribution in [0.1, 0.15) is 28.3 Å². The molecule has 1 atom stereocenters. The van der Waals surface area contributed by atoms with Crippen molar-refractivity contribution in [2.45, 2.75) is 26.4 Å². The molecule has 3 N–H and O–H groups in total. The van der Waals surface area contributed by atoms with Crippen molar-refractivity contribution < 1.29 is 9.90 Å². The number of thiophene rings is 1. The molecule has 2 amide bonds. The average Bonchev–Trinajstić information content (AvgIpc) is 2.90. The Kier molecular flexibility index (Phi) is 5.36. The van der Waals surface area contributed by atoms with Gasteiger partial charge in [0, 0.05) is 22.0 Å². The third-order valence-corrected chi connectivity index (χ3v) is 4.46. The summed E-state index contributed by atoms with van der Waals surface area (Å²) in [6, 6.07) is 11.4. The zero-order valence-corrected chi connectivity index (χ0v) is 13.0. The molecule has 0 bridgehead atoms. The molecule has 0 aliphatic rings. The van der Waals surface area contributed by atoms with Gasteiger partial charge >= 0.3 is 6.03 Å². The van der Waals surface area contributed by atoms with Crippen molar-refractivity contribution in [1.82, 2.24) is 5.32 Å². The summed E-state index contributed by atoms with van der Waals surface area (Å²) in [5.41, 5.74) is 1.86. The van der Waals surface area contributed by atoms with Gasteiger partial charge in [-0.2, -0.15) is 0 Å². The average molecular weight is 304 g/mol. The summed E-state index contributed by atoms with van der Waals surface area (Å²) in [5.74, 6) is 0. The van der Waals surface area contributed by atoms with Gasteiger partial charge < -0.3 is 15.7 Å². The van der Waals surface area contributed by atoms with E-state index in [0.29, 0.717) is 6.54 Å². The first-order chi connectivity index (χ1) is 10.1. The van der Waals surface area contributed by atoms with E-state index < -0.39 is 6.10 Å². The second-order valence-corrected chi connectivity index (χ2v) is 6.13. The number of carbonyl (C=O) groups excluding carboxylic acids is 1. The van der Waals surface area contributed by atoms with E-state index in [1.807, 2.05) is 43.3 Å². The van der Waals surface area contributed by atoms with E-state index in [-0.39, 0.29) is 6.03 Å². The monoisotopic (exact) mass is 304 g/mol. The minimum Gasteiger partial charge on any atom is -0.388 e. The molecule has 1 aromatic heterocycles. The zero-order valence-electron chi connectivity index (χ0n) is 12.2. The number of anilines is 1. The predicted octanol–water partition coefficient (Wildman–Crippen LogP) is 3.47. The molecule has 0 unspecified atom stereocenters. The van der Waals surface area contributed by atoms with Crippen LogP contribution >= 0.6 is 11.3 Å². The molecule has 0 fully saturated rings. The van der Waals surface area contributed by atoms with Crippen LogP contribution in [0.15, 0.2) is 36.4 Å². The van der Waals surface area contributed by atoms with Gasteiger partial charge in [0.1, 0.15) is 0 Å². The van der Waals surface area contributed by atoms with E-state index in [1.165, 1.54) is 0 Å². The molecular formula is C16H20N2O2S. The summed E-state index contributed by atoms with van der Waals surface area (Å²) >= 11 is 1.58. The van der Waals surface area contributed by atoms with Crippen molar-refractivity contribution in [3.8, 4) is 0 Å². The quantitative estimate of drug-likeness (QED) is 0.792. The lowest BCUT2D eigenvalue weighted by Gasteiger charge is -2.09. The second-order valence-electron chi connectivity index (χ2n) is 4.93. The second kappa shape index (κ2) is 7.24. The summed E-state index contributed by atoms with van der Waals surface area (Å²) in [6.45, 7) is 4.28. The van der Waals surface area contributed by atoms with Gasteiger partial charge in [-0.15, -0.1) is 11.3 Å². The summed E-state index contributed by atoms with van der Waals surface area (Å²) in [6.07, 6.45) is 0.333. The van der Waals surface area contributed by atoms with E-state index in [9.17, 15) is 9.90 Å². The van der Waals surface area contributed by atoms with Crippen LogP contribution in [-0.4, -0.2) is 17.7 Å². The number of aryl methyl sites for hydroxylation is 1. The Morgan fingerprint density at radius 1 is 1.29 bits per heavy atom. The van der Waals surface area contributed by atoms with Crippen LogP contribution in [0.2, 0.25) is 0 Å². The standard InChI is InChI=1S/C16H20N2O2S/c1-11-5-3-4-6-14(11)18-16(20)17-10-9-13-7-8-15(21-13)12(2)19/h3-8,12,19H,9-10H2,1-2H3,(H2,17,18,20)/t12-/m0/s1. The molecule has 4 nitrogen and oxygen atoms in total. The van der Waals surface area contributed by atoms with E-state index in [2.05, 4.69) is 10.6 Å². The Bertz CT molecular complexity index is 608. The topological polar surface area (TPSA) is 61.4 Å². The molecule has 0 radical (unpaired) electrons. The number of para-hydroxylation sites is 1. The predicted molar refractivity (Wildman–Crippen MR) is 86.9 cm³/mol. The largest absolute Gasteiger partial charge is 0.388 e. The van der Waals surface area contributed by atoms with Crippen LogP contribution in [0.3, 0.4) is 0 Å². The molecule has 1 aromatic carbocycles. The Morgan fingerprint density at radius 2 is 2.05 bits per heavy atom. The molecule has 21 heavy (non-hydrogen) atoms. The lowest BCUT2D eigenvalue weighted by Crippen LogP contribution is -2.30. The first kappa shape index (κ1) is 15.5. The van der Waals surface area contributed by atoms with Crippen LogP contribution in [0, 0.1) is 6.92 Å². The summed E-state index contributed by atoms with van der Waals surface area (Å²) in [5, 5.41) is 15.1. The molecule has 5 heteroatoms. The molecule has 112 valence electrons. The number of hydrogen-bond donors (Lipinski definition) is 3. The zero-order chi connectivity index (χ0) is 15.2. The number of amides is 2. The van der Waals surface area contributed by atoms with E-state index in [1.54, 1.807) is 18.3 Å². The molecule has 1 heterocycles. The third-order valence-electron chi connectivity index (χ3n) is 3.14. The normalized spacial score (nSPS) is 12.0. The Hall–Kier alpha value is -1.85. The van der Waals surface area contributed by atoms with Gasteiger partial charge in [-0.25, -0.2) is 4.79 Å². The highest BCUT2D eigenvalue weighted by Gasteiger charge is 2.06. The van der Waals surface area contributed by atoms with Gasteiger partial charge in [-0.05, 0) is 44.0 Å². The highest BCUT2D eigenvalue weighted by atomic mass is 32.1. The maximum Gasteiger partial charge on any atom is 0.319 e. The van der Waals surface area contributed by atoms with Gasteiger partial charge in [0.25, 0.3) is 0 Å². The van der Waals surface area contributed by atoms with Crippen LogP contribution in [0.5, 0.6) is 0 Å². The Balaban J connectivity index is 1.78. The Labute approximate surface area is 128 Å². The van der Waals surface area contributed by atoms with Crippen LogP contribution in [-0.2, 0) is 6.42 Å². The minimum atomic E-state index is -0.430. The number of hydrogen-bond acceptors (Lipinski definition) is 3. The van der Waals surface area contributed by atoms with Crippen molar-refractivity contribution in [1.29, 1.82) is 0 Å². The molecule has 0 saturated carbocycles. The summed E-state index contributed by atoms with van der Waals surface area (Å²) in [7, 11) is 0. The van der Waals surface area contributed by atoms with Crippen molar-refractivity contribution in [3.63, 3.8) is 0 Å². The van der Waals surface area contributed by atoms with E-state index in [4.69, 9.17) is 0 Å². The smallest absolute Gasteiger partial charge is 0.319 e. The molecule has 0 aliphatic heterocycles. The molecule has 2 aromatic rings.